The summed E-state index contributed by atoms with van der Waals surface area (Å²) in [5.41, 5.74) is 4.73. The molecule has 0 amide bonds. The van der Waals surface area contributed by atoms with Crippen LogP contribution < -0.4 is 40.6 Å². The van der Waals surface area contributed by atoms with Gasteiger partial charge in [-0.15, -0.1) is 10.6 Å². The van der Waals surface area contributed by atoms with E-state index >= 15 is 0 Å². The molecule has 0 aromatic heterocycles. The van der Waals surface area contributed by atoms with E-state index in [0.717, 1.165) is 5.01 Å². The van der Waals surface area contributed by atoms with Crippen molar-refractivity contribution < 1.29 is 42.5 Å². The van der Waals surface area contributed by atoms with E-state index in [2.05, 4.69) is 16.2 Å². The molecule has 0 bridgehead atoms. The second kappa shape index (κ2) is 5.39. The molecule has 70 valence electrons. The van der Waals surface area contributed by atoms with Crippen LogP contribution in [0.15, 0.2) is 5.10 Å². The van der Waals surface area contributed by atoms with Crippen molar-refractivity contribution in [1.29, 1.82) is 0 Å². The van der Waals surface area contributed by atoms with Crippen LogP contribution in [0.25, 0.3) is 0 Å². The molecule has 0 spiro atoms. The van der Waals surface area contributed by atoms with Crippen molar-refractivity contribution in [3.05, 3.63) is 0 Å². The third-order valence-corrected chi connectivity index (χ3v) is 2.29. The number of hydrogen-bond acceptors (Lipinski definition) is 8. The van der Waals surface area contributed by atoms with Crippen molar-refractivity contribution >= 4 is 27.0 Å². The van der Waals surface area contributed by atoms with Crippen molar-refractivity contribution in [2.24, 2.45) is 5.10 Å². The van der Waals surface area contributed by atoms with Gasteiger partial charge in [-0.25, -0.2) is 14.0 Å². The predicted octanol–water partition coefficient (Wildman–Crippen LogP) is -4.55. The molecule has 0 fully saturated rings. The zero-order valence-corrected chi connectivity index (χ0v) is 10.8. The Kier molecular flexibility index (Phi) is 5.59. The summed E-state index contributed by atoms with van der Waals surface area (Å²) in [6, 6.07) is 0. The van der Waals surface area contributed by atoms with Gasteiger partial charge in [0.1, 0.15) is 16.0 Å². The standard InChI is InChI=1S/C3H8N4O3S2.Na/c1-11-3-4-5-6-7(3)2-12(8,9)10;/h5-6H,2H2,1H3,(H,8,9,10);/q;+1/p-1. The van der Waals surface area contributed by atoms with Gasteiger partial charge < -0.3 is 4.55 Å². The van der Waals surface area contributed by atoms with Crippen LogP contribution >= 0.6 is 11.8 Å². The third-order valence-electron chi connectivity index (χ3n) is 1.04. The predicted molar refractivity (Wildman–Crippen MR) is 43.6 cm³/mol. The van der Waals surface area contributed by atoms with Crippen LogP contribution in [0.2, 0.25) is 0 Å². The van der Waals surface area contributed by atoms with E-state index in [1.54, 1.807) is 6.26 Å². The van der Waals surface area contributed by atoms with Gasteiger partial charge in [0, 0.05) is 0 Å². The van der Waals surface area contributed by atoms with Gasteiger partial charge >= 0.3 is 29.6 Å². The Morgan fingerprint density at radius 1 is 1.69 bits per heavy atom. The summed E-state index contributed by atoms with van der Waals surface area (Å²) in [5.74, 6) is -0.639. The van der Waals surface area contributed by atoms with Gasteiger partial charge in [0.15, 0.2) is 0 Å². The summed E-state index contributed by atoms with van der Waals surface area (Å²) >= 11 is 1.23. The van der Waals surface area contributed by atoms with Crippen LogP contribution in [0.4, 0.5) is 0 Å². The molecule has 1 rings (SSSR count). The summed E-state index contributed by atoms with van der Waals surface area (Å²) in [7, 11) is -4.27. The summed E-state index contributed by atoms with van der Waals surface area (Å²) < 4.78 is 31.0. The van der Waals surface area contributed by atoms with Crippen molar-refractivity contribution in [2.45, 2.75) is 0 Å². The molecule has 7 nitrogen and oxygen atoms in total. The Morgan fingerprint density at radius 3 is 2.77 bits per heavy atom. The van der Waals surface area contributed by atoms with Crippen molar-refractivity contribution in [3.63, 3.8) is 0 Å². The first-order valence-electron chi connectivity index (χ1n) is 2.86. The number of hydrazone groups is 1. The maximum atomic E-state index is 10.3. The minimum absolute atomic E-state index is 0. The molecule has 0 saturated heterocycles. The van der Waals surface area contributed by atoms with Gasteiger partial charge in [0.25, 0.3) is 0 Å². The van der Waals surface area contributed by atoms with E-state index in [0.29, 0.717) is 5.17 Å². The molecular formula is C3H7N4NaO3S2. The normalized spacial score (nSPS) is 16.2. The fourth-order valence-electron chi connectivity index (χ4n) is 0.643. The molecular weight excluding hydrogens is 227 g/mol. The Hall–Kier alpha value is 0.490. The monoisotopic (exact) mass is 234 g/mol. The molecule has 0 saturated carbocycles. The van der Waals surface area contributed by atoms with E-state index in [4.69, 9.17) is 0 Å². The first-order valence-corrected chi connectivity index (χ1v) is 5.66. The smallest absolute Gasteiger partial charge is 0.747 e. The van der Waals surface area contributed by atoms with E-state index in [-0.39, 0.29) is 29.6 Å². The van der Waals surface area contributed by atoms with Crippen LogP contribution in [0, 0.1) is 0 Å². The molecule has 10 heteroatoms. The molecule has 1 aliphatic heterocycles. The quantitative estimate of drug-likeness (QED) is 0.367. The molecule has 0 radical (unpaired) electrons. The van der Waals surface area contributed by atoms with E-state index < -0.39 is 16.0 Å². The van der Waals surface area contributed by atoms with Crippen LogP contribution in [0.3, 0.4) is 0 Å². The maximum Gasteiger partial charge on any atom is 1.00 e. The fourth-order valence-corrected chi connectivity index (χ4v) is 1.70. The maximum absolute atomic E-state index is 10.3. The third kappa shape index (κ3) is 4.49. The van der Waals surface area contributed by atoms with Gasteiger partial charge in [-0.2, -0.15) is 0 Å². The topological polar surface area (TPSA) is 96.9 Å². The van der Waals surface area contributed by atoms with E-state index in [1.165, 1.54) is 11.8 Å². The number of hydrazine groups is 2. The Bertz CT molecular complexity index is 291. The van der Waals surface area contributed by atoms with Gasteiger partial charge in [0.05, 0.1) is 0 Å². The van der Waals surface area contributed by atoms with Crippen LogP contribution in [-0.2, 0) is 10.1 Å². The fraction of sp³-hybridized carbons (Fsp3) is 0.667. The zero-order valence-electron chi connectivity index (χ0n) is 7.14. The number of thioether (sulfide) groups is 1. The first-order chi connectivity index (χ1) is 5.53. The van der Waals surface area contributed by atoms with Crippen molar-refractivity contribution in [2.75, 3.05) is 12.1 Å². The SMILES string of the molecule is CSC1=NNNN1CS(=O)(=O)[O-].[Na+]. The molecule has 0 aliphatic carbocycles. The summed E-state index contributed by atoms with van der Waals surface area (Å²) in [6.07, 6.45) is 1.72. The van der Waals surface area contributed by atoms with E-state index in [9.17, 15) is 13.0 Å². The summed E-state index contributed by atoms with van der Waals surface area (Å²) in [6.45, 7) is 0. The number of hydrogen-bond donors (Lipinski definition) is 2. The number of rotatable bonds is 2. The molecule has 0 unspecified atom stereocenters. The van der Waals surface area contributed by atoms with Gasteiger partial charge in [-0.05, 0) is 6.26 Å². The summed E-state index contributed by atoms with van der Waals surface area (Å²) in [5, 5.41) is 5.19. The second-order valence-electron chi connectivity index (χ2n) is 1.94. The van der Waals surface area contributed by atoms with Crippen LogP contribution in [0.1, 0.15) is 0 Å². The molecule has 0 atom stereocenters. The number of amidine groups is 1. The molecule has 13 heavy (non-hydrogen) atoms. The average Bonchev–Trinajstić information content (AvgIpc) is 2.31. The first kappa shape index (κ1) is 13.5. The molecule has 1 heterocycles. The van der Waals surface area contributed by atoms with Gasteiger partial charge in [-0.3, -0.25) is 5.01 Å². The Labute approximate surface area is 102 Å². The average molecular weight is 234 g/mol. The van der Waals surface area contributed by atoms with Crippen molar-refractivity contribution in [1.82, 2.24) is 16.1 Å². The molecule has 1 aliphatic rings. The van der Waals surface area contributed by atoms with Crippen LogP contribution in [-0.4, -0.2) is 35.3 Å². The Balaban J connectivity index is 0.00000144. The Morgan fingerprint density at radius 2 is 2.31 bits per heavy atom. The summed E-state index contributed by atoms with van der Waals surface area (Å²) in [4.78, 5) is 0. The molecule has 0 aromatic rings. The van der Waals surface area contributed by atoms with E-state index in [1.807, 2.05) is 0 Å². The van der Waals surface area contributed by atoms with Gasteiger partial charge in [0.2, 0.25) is 5.17 Å². The zero-order chi connectivity index (χ0) is 9.19. The minimum Gasteiger partial charge on any atom is -0.747 e. The number of nitrogens with zero attached hydrogens (tertiary/aromatic N) is 2. The number of nitrogens with one attached hydrogen (secondary N) is 2. The second-order valence-corrected chi connectivity index (χ2v) is 4.08. The van der Waals surface area contributed by atoms with Crippen molar-refractivity contribution in [3.8, 4) is 0 Å². The van der Waals surface area contributed by atoms with Crippen LogP contribution in [0.5, 0.6) is 0 Å². The minimum atomic E-state index is -4.27. The molecule has 0 aromatic carbocycles. The molecule has 2 N–H and O–H groups in total. The van der Waals surface area contributed by atoms with Gasteiger partial charge in [-0.1, -0.05) is 11.8 Å². The largest absolute Gasteiger partial charge is 1.00 e.